The quantitative estimate of drug-likeness (QED) is 0.585. The van der Waals surface area contributed by atoms with E-state index in [2.05, 4.69) is 6.58 Å². The van der Waals surface area contributed by atoms with Crippen LogP contribution in [-0.2, 0) is 4.79 Å². The Morgan fingerprint density at radius 1 is 1.89 bits per heavy atom. The fraction of sp³-hybridized carbons (Fsp3) is 0.571. The molecule has 2 heteroatoms. The first-order valence-electron chi connectivity index (χ1n) is 3.02. The van der Waals surface area contributed by atoms with Crippen LogP contribution in [0.1, 0.15) is 19.8 Å². The van der Waals surface area contributed by atoms with Crippen molar-refractivity contribution >= 4 is 5.97 Å². The van der Waals surface area contributed by atoms with E-state index in [1.807, 2.05) is 0 Å². The second-order valence-corrected chi connectivity index (χ2v) is 2.11. The minimum Gasteiger partial charge on any atom is -0.481 e. The number of carboxylic acid groups (broad SMARTS) is 1. The van der Waals surface area contributed by atoms with Crippen LogP contribution in [0.25, 0.3) is 0 Å². The normalized spacial score (nSPS) is 12.6. The monoisotopic (exact) mass is 128 g/mol. The summed E-state index contributed by atoms with van der Waals surface area (Å²) in [5, 5.41) is 8.37. The molecule has 0 amide bonds. The lowest BCUT2D eigenvalue weighted by Crippen LogP contribution is -2.08. The summed E-state index contributed by atoms with van der Waals surface area (Å²) < 4.78 is 0. The van der Waals surface area contributed by atoms with Gasteiger partial charge in [0.1, 0.15) is 0 Å². The van der Waals surface area contributed by atoms with Crippen LogP contribution in [0.5, 0.6) is 0 Å². The molecule has 0 heterocycles. The lowest BCUT2D eigenvalue weighted by Gasteiger charge is -2.00. The van der Waals surface area contributed by atoms with Crippen molar-refractivity contribution in [2.75, 3.05) is 0 Å². The maximum atomic E-state index is 10.2. The van der Waals surface area contributed by atoms with Crippen molar-refractivity contribution in [3.63, 3.8) is 0 Å². The summed E-state index contributed by atoms with van der Waals surface area (Å²) >= 11 is 0. The Hall–Kier alpha value is -0.790. The van der Waals surface area contributed by atoms with Gasteiger partial charge in [0.25, 0.3) is 0 Å². The maximum Gasteiger partial charge on any atom is 0.306 e. The zero-order valence-electron chi connectivity index (χ0n) is 5.63. The van der Waals surface area contributed by atoms with Crippen molar-refractivity contribution in [1.82, 2.24) is 0 Å². The zero-order valence-corrected chi connectivity index (χ0v) is 5.63. The van der Waals surface area contributed by atoms with Gasteiger partial charge in [0, 0.05) is 0 Å². The number of hydrogen-bond acceptors (Lipinski definition) is 1. The van der Waals surface area contributed by atoms with Crippen LogP contribution in [0.2, 0.25) is 0 Å². The largest absolute Gasteiger partial charge is 0.481 e. The van der Waals surface area contributed by atoms with Crippen LogP contribution >= 0.6 is 0 Å². The lowest BCUT2D eigenvalue weighted by molar-refractivity contribution is -0.141. The summed E-state index contributed by atoms with van der Waals surface area (Å²) in [6.07, 6.45) is 3.21. The van der Waals surface area contributed by atoms with Gasteiger partial charge in [0.2, 0.25) is 0 Å². The molecular formula is C7H12O2. The first-order chi connectivity index (χ1) is 4.18. The minimum atomic E-state index is -0.725. The van der Waals surface area contributed by atoms with Gasteiger partial charge in [0.05, 0.1) is 5.92 Å². The fourth-order valence-electron chi connectivity index (χ4n) is 0.491. The van der Waals surface area contributed by atoms with Gasteiger partial charge in [-0.3, -0.25) is 4.79 Å². The number of carbonyl (C=O) groups is 1. The molecule has 0 aromatic rings. The molecular weight excluding hydrogens is 116 g/mol. The summed E-state index contributed by atoms with van der Waals surface area (Å²) in [7, 11) is 0. The van der Waals surface area contributed by atoms with E-state index in [1.54, 1.807) is 13.0 Å². The molecule has 0 aliphatic carbocycles. The van der Waals surface area contributed by atoms with Crippen molar-refractivity contribution in [3.05, 3.63) is 12.7 Å². The van der Waals surface area contributed by atoms with E-state index in [0.717, 1.165) is 6.42 Å². The van der Waals surface area contributed by atoms with Gasteiger partial charge in [-0.05, 0) is 12.8 Å². The Bertz CT molecular complexity index is 107. The molecule has 9 heavy (non-hydrogen) atoms. The molecule has 0 spiro atoms. The molecule has 52 valence electrons. The summed E-state index contributed by atoms with van der Waals surface area (Å²) in [5.74, 6) is -0.958. The third-order valence-electron chi connectivity index (χ3n) is 1.23. The second kappa shape index (κ2) is 4.13. The highest BCUT2D eigenvalue weighted by atomic mass is 16.4. The number of allylic oxidation sites excluding steroid dienone is 1. The molecule has 0 radical (unpaired) electrons. The zero-order chi connectivity index (χ0) is 7.28. The summed E-state index contributed by atoms with van der Waals surface area (Å²) in [4.78, 5) is 10.2. The van der Waals surface area contributed by atoms with Crippen LogP contribution in [-0.4, -0.2) is 11.1 Å². The molecule has 0 saturated heterocycles. The van der Waals surface area contributed by atoms with Gasteiger partial charge in [-0.25, -0.2) is 0 Å². The number of hydrogen-bond donors (Lipinski definition) is 1. The van der Waals surface area contributed by atoms with Crippen molar-refractivity contribution in [2.24, 2.45) is 5.92 Å². The van der Waals surface area contributed by atoms with Gasteiger partial charge < -0.3 is 5.11 Å². The smallest absolute Gasteiger partial charge is 0.306 e. The third kappa shape index (κ3) is 3.76. The topological polar surface area (TPSA) is 37.3 Å². The van der Waals surface area contributed by atoms with E-state index >= 15 is 0 Å². The average molecular weight is 128 g/mol. The van der Waals surface area contributed by atoms with E-state index in [9.17, 15) is 4.79 Å². The highest BCUT2D eigenvalue weighted by Crippen LogP contribution is 2.04. The van der Waals surface area contributed by atoms with Gasteiger partial charge >= 0.3 is 5.97 Å². The van der Waals surface area contributed by atoms with E-state index in [4.69, 9.17) is 5.11 Å². The summed E-state index contributed by atoms with van der Waals surface area (Å²) in [5.41, 5.74) is 0. The fourth-order valence-corrected chi connectivity index (χ4v) is 0.491. The van der Waals surface area contributed by atoms with Crippen LogP contribution in [0.15, 0.2) is 12.7 Å². The predicted octanol–water partition coefficient (Wildman–Crippen LogP) is 1.67. The molecule has 0 aliphatic heterocycles. The van der Waals surface area contributed by atoms with Gasteiger partial charge in [-0.2, -0.15) is 0 Å². The number of carboxylic acids is 1. The van der Waals surface area contributed by atoms with E-state index in [-0.39, 0.29) is 5.92 Å². The minimum absolute atomic E-state index is 0.233. The molecule has 2 nitrogen and oxygen atoms in total. The molecule has 1 N–H and O–H groups in total. The molecule has 1 atom stereocenters. The Balaban J connectivity index is 3.37. The summed E-state index contributed by atoms with van der Waals surface area (Å²) in [6.45, 7) is 5.20. The Morgan fingerprint density at radius 2 is 2.44 bits per heavy atom. The molecule has 0 rings (SSSR count). The van der Waals surface area contributed by atoms with Crippen molar-refractivity contribution in [2.45, 2.75) is 19.8 Å². The standard InChI is InChI=1S/C7H12O2/c1-3-4-5-6(2)7(8)9/h3,6H,1,4-5H2,2H3,(H,8,9). The van der Waals surface area contributed by atoms with Crippen molar-refractivity contribution < 1.29 is 9.90 Å². The molecule has 0 bridgehead atoms. The Kier molecular flexibility index (Phi) is 3.76. The van der Waals surface area contributed by atoms with Gasteiger partial charge in [-0.15, -0.1) is 6.58 Å². The number of rotatable bonds is 4. The SMILES string of the molecule is C=CCCC(C)C(=O)O. The molecule has 1 unspecified atom stereocenters. The third-order valence-corrected chi connectivity index (χ3v) is 1.23. The average Bonchev–Trinajstić information content (AvgIpc) is 1.82. The predicted molar refractivity (Wildman–Crippen MR) is 36.2 cm³/mol. The van der Waals surface area contributed by atoms with Crippen LogP contribution < -0.4 is 0 Å². The van der Waals surface area contributed by atoms with E-state index < -0.39 is 5.97 Å². The van der Waals surface area contributed by atoms with Crippen LogP contribution in [0.4, 0.5) is 0 Å². The second-order valence-electron chi connectivity index (χ2n) is 2.11. The lowest BCUT2D eigenvalue weighted by atomic mass is 10.1. The highest BCUT2D eigenvalue weighted by molar-refractivity contribution is 5.69. The molecule has 0 saturated carbocycles. The van der Waals surface area contributed by atoms with E-state index in [0.29, 0.717) is 6.42 Å². The molecule has 0 aromatic carbocycles. The van der Waals surface area contributed by atoms with Crippen molar-refractivity contribution in [1.29, 1.82) is 0 Å². The molecule has 0 fully saturated rings. The first kappa shape index (κ1) is 8.21. The Morgan fingerprint density at radius 3 is 2.78 bits per heavy atom. The van der Waals surface area contributed by atoms with E-state index in [1.165, 1.54) is 0 Å². The van der Waals surface area contributed by atoms with Crippen molar-refractivity contribution in [3.8, 4) is 0 Å². The van der Waals surface area contributed by atoms with Gasteiger partial charge in [0.15, 0.2) is 0 Å². The Labute approximate surface area is 55.2 Å². The molecule has 0 aromatic heterocycles. The van der Waals surface area contributed by atoms with Crippen LogP contribution in [0, 0.1) is 5.92 Å². The van der Waals surface area contributed by atoms with Crippen LogP contribution in [0.3, 0.4) is 0 Å². The molecule has 0 aliphatic rings. The summed E-state index contributed by atoms with van der Waals surface area (Å²) in [6, 6.07) is 0. The first-order valence-corrected chi connectivity index (χ1v) is 3.02. The highest BCUT2D eigenvalue weighted by Gasteiger charge is 2.07. The van der Waals surface area contributed by atoms with Gasteiger partial charge in [-0.1, -0.05) is 13.0 Å². The maximum absolute atomic E-state index is 10.2. The number of aliphatic carboxylic acids is 1.